The number of rotatable bonds is 4. The average molecular weight is 359 g/mol. The quantitative estimate of drug-likeness (QED) is 0.621. The van der Waals surface area contributed by atoms with Crippen molar-refractivity contribution in [1.82, 2.24) is 4.98 Å². The number of aromatic nitrogens is 1. The monoisotopic (exact) mass is 359 g/mol. The number of carbonyl (C=O) groups excluding carboxylic acids is 2. The molecule has 1 aliphatic heterocycles. The van der Waals surface area contributed by atoms with Gasteiger partial charge >= 0.3 is 0 Å². The van der Waals surface area contributed by atoms with Gasteiger partial charge in [-0.15, -0.1) is 0 Å². The smallest absolute Gasteiger partial charge is 0.248 e. The number of para-hydroxylation sites is 1. The molecular formula is C21H17N3O3. The van der Waals surface area contributed by atoms with Gasteiger partial charge in [0, 0.05) is 29.4 Å². The van der Waals surface area contributed by atoms with Gasteiger partial charge in [0.25, 0.3) is 0 Å². The summed E-state index contributed by atoms with van der Waals surface area (Å²) < 4.78 is 0. The molecule has 134 valence electrons. The van der Waals surface area contributed by atoms with E-state index < -0.39 is 11.8 Å². The second-order valence-electron chi connectivity index (χ2n) is 6.42. The molecule has 1 atom stereocenters. The molecule has 4 rings (SSSR count). The fourth-order valence-electron chi connectivity index (χ4n) is 3.32. The first-order chi connectivity index (χ1) is 13.0. The average Bonchev–Trinajstić information content (AvgIpc) is 3.11. The van der Waals surface area contributed by atoms with E-state index in [4.69, 9.17) is 5.73 Å². The Hall–Kier alpha value is -3.67. The number of nitrogens with two attached hydrogens (primary N) is 1. The summed E-state index contributed by atoms with van der Waals surface area (Å²) in [6.07, 6.45) is 1.69. The second-order valence-corrected chi connectivity index (χ2v) is 6.42. The van der Waals surface area contributed by atoms with Crippen LogP contribution in [0.1, 0.15) is 32.2 Å². The van der Waals surface area contributed by atoms with Crippen molar-refractivity contribution < 1.29 is 14.7 Å². The van der Waals surface area contributed by atoms with Gasteiger partial charge in [-0.2, -0.15) is 0 Å². The Kier molecular flexibility index (Phi) is 4.08. The number of phenols is 1. The van der Waals surface area contributed by atoms with Crippen LogP contribution in [0.3, 0.4) is 0 Å². The summed E-state index contributed by atoms with van der Waals surface area (Å²) in [4.78, 5) is 28.8. The summed E-state index contributed by atoms with van der Waals surface area (Å²) in [6.45, 7) is 0.417. The number of aromatic hydroxyl groups is 1. The van der Waals surface area contributed by atoms with Crippen LogP contribution in [-0.2, 0) is 0 Å². The topological polar surface area (TPSA) is 105 Å². The fourth-order valence-corrected chi connectivity index (χ4v) is 3.32. The maximum absolute atomic E-state index is 12.9. The van der Waals surface area contributed by atoms with E-state index in [-0.39, 0.29) is 11.5 Å². The van der Waals surface area contributed by atoms with Crippen molar-refractivity contribution >= 4 is 17.5 Å². The van der Waals surface area contributed by atoms with Crippen LogP contribution < -0.4 is 11.1 Å². The van der Waals surface area contributed by atoms with Crippen LogP contribution in [0.4, 0.5) is 5.82 Å². The van der Waals surface area contributed by atoms with Gasteiger partial charge in [0.05, 0.1) is 11.5 Å². The lowest BCUT2D eigenvalue weighted by atomic mass is 9.91. The Labute approximate surface area is 155 Å². The number of primary amides is 1. The third kappa shape index (κ3) is 3.01. The van der Waals surface area contributed by atoms with E-state index in [2.05, 4.69) is 10.3 Å². The normalized spacial score (nSPS) is 15.0. The summed E-state index contributed by atoms with van der Waals surface area (Å²) in [6, 6.07) is 15.4. The molecular weight excluding hydrogens is 342 g/mol. The number of anilines is 1. The highest BCUT2D eigenvalue weighted by atomic mass is 16.3. The number of benzene rings is 2. The van der Waals surface area contributed by atoms with E-state index in [0.29, 0.717) is 23.5 Å². The molecule has 0 saturated carbocycles. The van der Waals surface area contributed by atoms with E-state index in [9.17, 15) is 14.7 Å². The van der Waals surface area contributed by atoms with Crippen LogP contribution in [0.5, 0.6) is 5.75 Å². The minimum atomic E-state index is -0.500. The Bertz CT molecular complexity index is 1060. The second kappa shape index (κ2) is 6.57. The maximum atomic E-state index is 12.9. The fraction of sp³-hybridized carbons (Fsp3) is 0.0952. The molecule has 0 saturated heterocycles. The van der Waals surface area contributed by atoms with Gasteiger partial charge in [-0.3, -0.25) is 9.59 Å². The first-order valence-corrected chi connectivity index (χ1v) is 8.51. The highest BCUT2D eigenvalue weighted by molar-refractivity contribution is 6.05. The number of nitrogens with one attached hydrogen (secondary N) is 1. The standard InChI is InChI=1S/C21H17N3O3/c22-20(27)13-5-3-4-12(8-13)14-9-16-17(11-24-21(16)23-10-14)19(26)15-6-1-2-7-18(15)25/h1-10,17,25H,11H2,(H2,22,27)(H,23,24). The summed E-state index contributed by atoms with van der Waals surface area (Å²) in [5.41, 5.74) is 8.41. The Morgan fingerprint density at radius 3 is 2.67 bits per heavy atom. The van der Waals surface area contributed by atoms with Crippen LogP contribution in [0.15, 0.2) is 60.8 Å². The molecule has 0 spiro atoms. The molecule has 6 nitrogen and oxygen atoms in total. The molecule has 0 radical (unpaired) electrons. The molecule has 2 heterocycles. The number of Topliss-reactive ketones (excluding diaryl/α,β-unsaturated/α-hetero) is 1. The van der Waals surface area contributed by atoms with Gasteiger partial charge in [0.15, 0.2) is 5.78 Å². The SMILES string of the molecule is NC(=O)c1cccc(-c2cnc3c(c2)C(C(=O)c2ccccc2O)CN3)c1. The number of fused-ring (bicyclic) bond motifs is 1. The van der Waals surface area contributed by atoms with Gasteiger partial charge in [-0.25, -0.2) is 4.98 Å². The van der Waals surface area contributed by atoms with Gasteiger partial charge < -0.3 is 16.2 Å². The molecule has 1 aliphatic rings. The van der Waals surface area contributed by atoms with Crippen LogP contribution in [0.25, 0.3) is 11.1 Å². The Morgan fingerprint density at radius 1 is 1.07 bits per heavy atom. The van der Waals surface area contributed by atoms with E-state index in [1.54, 1.807) is 42.6 Å². The van der Waals surface area contributed by atoms with Crippen molar-refractivity contribution in [3.8, 4) is 16.9 Å². The first kappa shape index (κ1) is 16.8. The molecule has 0 bridgehead atoms. The number of carbonyl (C=O) groups is 2. The molecule has 27 heavy (non-hydrogen) atoms. The third-order valence-corrected chi connectivity index (χ3v) is 4.73. The summed E-state index contributed by atoms with van der Waals surface area (Å²) in [5.74, 6) is -0.489. The van der Waals surface area contributed by atoms with Gasteiger partial charge in [-0.1, -0.05) is 24.3 Å². The Morgan fingerprint density at radius 2 is 1.89 bits per heavy atom. The first-order valence-electron chi connectivity index (χ1n) is 8.51. The van der Waals surface area contributed by atoms with Gasteiger partial charge in [-0.05, 0) is 35.9 Å². The van der Waals surface area contributed by atoms with E-state index >= 15 is 0 Å². The molecule has 3 aromatic rings. The lowest BCUT2D eigenvalue weighted by molar-refractivity contribution is 0.0962. The lowest BCUT2D eigenvalue weighted by Crippen LogP contribution is -2.15. The van der Waals surface area contributed by atoms with E-state index in [0.717, 1.165) is 16.7 Å². The number of hydrogen-bond acceptors (Lipinski definition) is 5. The largest absolute Gasteiger partial charge is 0.507 e. The van der Waals surface area contributed by atoms with Crippen LogP contribution in [0, 0.1) is 0 Å². The van der Waals surface area contributed by atoms with Crippen molar-refractivity contribution in [3.63, 3.8) is 0 Å². The predicted octanol–water partition coefficient (Wildman–Crippen LogP) is 2.95. The van der Waals surface area contributed by atoms with Crippen LogP contribution >= 0.6 is 0 Å². The number of amides is 1. The minimum Gasteiger partial charge on any atom is -0.507 e. The number of phenolic OH excluding ortho intramolecular Hbond substituents is 1. The van der Waals surface area contributed by atoms with Crippen LogP contribution in [-0.4, -0.2) is 28.3 Å². The number of hydrogen-bond donors (Lipinski definition) is 3. The molecule has 1 aromatic heterocycles. The highest BCUT2D eigenvalue weighted by Crippen LogP contribution is 2.36. The third-order valence-electron chi connectivity index (χ3n) is 4.73. The minimum absolute atomic E-state index is 0.0331. The molecule has 4 N–H and O–H groups in total. The van der Waals surface area contributed by atoms with E-state index in [1.807, 2.05) is 12.1 Å². The Balaban J connectivity index is 1.73. The molecule has 0 aliphatic carbocycles. The number of pyridine rings is 1. The summed E-state index contributed by atoms with van der Waals surface area (Å²) in [5, 5.41) is 13.1. The lowest BCUT2D eigenvalue weighted by Gasteiger charge is -2.11. The molecule has 1 unspecified atom stereocenters. The molecule has 6 heteroatoms. The maximum Gasteiger partial charge on any atom is 0.248 e. The zero-order valence-corrected chi connectivity index (χ0v) is 14.3. The van der Waals surface area contributed by atoms with Crippen molar-refractivity contribution in [2.75, 3.05) is 11.9 Å². The summed E-state index contributed by atoms with van der Waals surface area (Å²) >= 11 is 0. The van der Waals surface area contributed by atoms with E-state index in [1.165, 1.54) is 6.07 Å². The van der Waals surface area contributed by atoms with Crippen molar-refractivity contribution in [3.05, 3.63) is 77.5 Å². The zero-order valence-electron chi connectivity index (χ0n) is 14.3. The van der Waals surface area contributed by atoms with Gasteiger partial charge in [0.2, 0.25) is 5.91 Å². The van der Waals surface area contributed by atoms with Crippen molar-refractivity contribution in [2.45, 2.75) is 5.92 Å². The molecule has 2 aromatic carbocycles. The summed E-state index contributed by atoms with van der Waals surface area (Å²) in [7, 11) is 0. The molecule has 0 fully saturated rings. The number of ketones is 1. The zero-order chi connectivity index (χ0) is 19.0. The predicted molar refractivity (Wildman–Crippen MR) is 102 cm³/mol. The van der Waals surface area contributed by atoms with Crippen LogP contribution in [0.2, 0.25) is 0 Å². The molecule has 1 amide bonds. The van der Waals surface area contributed by atoms with Gasteiger partial charge in [0.1, 0.15) is 11.6 Å². The highest BCUT2D eigenvalue weighted by Gasteiger charge is 2.31. The van der Waals surface area contributed by atoms with Crippen molar-refractivity contribution in [2.24, 2.45) is 5.73 Å². The van der Waals surface area contributed by atoms with Crippen molar-refractivity contribution in [1.29, 1.82) is 0 Å². The number of nitrogens with zero attached hydrogens (tertiary/aromatic N) is 1.